The molecule has 7 nitrogen and oxygen atoms in total. The third-order valence-electron chi connectivity index (χ3n) is 6.43. The highest BCUT2D eigenvalue weighted by Gasteiger charge is 2.51. The number of hydrogen-bond donors (Lipinski definition) is 2. The van der Waals surface area contributed by atoms with E-state index in [9.17, 15) is 14.7 Å². The van der Waals surface area contributed by atoms with Crippen molar-refractivity contribution in [3.63, 3.8) is 0 Å². The number of aliphatic carboxylic acids is 1. The third-order valence-corrected chi connectivity index (χ3v) is 6.43. The summed E-state index contributed by atoms with van der Waals surface area (Å²) in [6, 6.07) is 5.93. The molecular weight excluding hydrogens is 424 g/mol. The number of ether oxygens (including phenoxy) is 3. The number of aliphatic hydroxyl groups excluding tert-OH is 1. The van der Waals surface area contributed by atoms with Gasteiger partial charge in [0.1, 0.15) is 18.0 Å². The summed E-state index contributed by atoms with van der Waals surface area (Å²) >= 11 is 0. The first-order valence-electron chi connectivity index (χ1n) is 11.4. The van der Waals surface area contributed by atoms with Crippen LogP contribution in [0.15, 0.2) is 30.4 Å². The summed E-state index contributed by atoms with van der Waals surface area (Å²) in [6.45, 7) is 3.71. The van der Waals surface area contributed by atoms with Crippen LogP contribution in [0.25, 0.3) is 0 Å². The molecule has 0 aromatic heterocycles. The van der Waals surface area contributed by atoms with Crippen molar-refractivity contribution in [2.24, 2.45) is 11.8 Å². The van der Waals surface area contributed by atoms with Crippen molar-refractivity contribution in [2.75, 3.05) is 7.11 Å². The van der Waals surface area contributed by atoms with Crippen LogP contribution in [-0.2, 0) is 20.7 Å². The Morgan fingerprint density at radius 3 is 2.85 bits per heavy atom. The third kappa shape index (κ3) is 5.88. The zero-order valence-electron chi connectivity index (χ0n) is 19.3. The average Bonchev–Trinajstić information content (AvgIpc) is 3.31. The molecule has 2 N–H and O–H groups in total. The molecule has 178 valence electrons. The lowest BCUT2D eigenvalue weighted by molar-refractivity contribution is -0.137. The molecule has 3 rings (SSSR count). The number of aliphatic hydroxyl groups is 1. The topological polar surface area (TPSA) is 102 Å². The molecule has 6 atom stereocenters. The van der Waals surface area contributed by atoms with Crippen molar-refractivity contribution in [1.82, 2.24) is 0 Å². The maximum Gasteiger partial charge on any atom is 0.508 e. The van der Waals surface area contributed by atoms with E-state index in [1.54, 1.807) is 13.0 Å². The fourth-order valence-corrected chi connectivity index (χ4v) is 4.69. The van der Waals surface area contributed by atoms with Gasteiger partial charge in [-0.2, -0.15) is 0 Å². The fourth-order valence-electron chi connectivity index (χ4n) is 4.69. The van der Waals surface area contributed by atoms with E-state index in [4.69, 9.17) is 19.3 Å². The first-order valence-corrected chi connectivity index (χ1v) is 11.4. The molecule has 0 radical (unpaired) electrons. The van der Waals surface area contributed by atoms with Crippen molar-refractivity contribution in [1.29, 1.82) is 0 Å². The summed E-state index contributed by atoms with van der Waals surface area (Å²) in [5.74, 6) is 5.57. The number of carboxylic acid groups (broad SMARTS) is 1. The largest absolute Gasteiger partial charge is 0.508 e. The van der Waals surface area contributed by atoms with Crippen LogP contribution < -0.4 is 4.74 Å². The van der Waals surface area contributed by atoms with Crippen LogP contribution in [0.3, 0.4) is 0 Å². The van der Waals surface area contributed by atoms with Gasteiger partial charge < -0.3 is 24.4 Å². The zero-order chi connectivity index (χ0) is 24.0. The van der Waals surface area contributed by atoms with Crippen molar-refractivity contribution in [3.05, 3.63) is 41.5 Å². The Labute approximate surface area is 194 Å². The number of hydrogen-bond acceptors (Lipinski definition) is 6. The number of carboxylic acids is 1. The highest BCUT2D eigenvalue weighted by Crippen LogP contribution is 2.52. The number of carbonyl (C=O) groups is 2. The predicted octanol–water partition coefficient (Wildman–Crippen LogP) is 4.08. The SMILES string of the molecule is CC#CCC(C)C(O)C=CC1C(OC(=O)OC)CC2Oc3c(CCCC(=O)O)cccc3C21. The maximum absolute atomic E-state index is 11.8. The van der Waals surface area contributed by atoms with E-state index < -0.39 is 24.3 Å². The van der Waals surface area contributed by atoms with E-state index in [0.29, 0.717) is 25.7 Å². The Balaban J connectivity index is 1.84. The summed E-state index contributed by atoms with van der Waals surface area (Å²) < 4.78 is 16.6. The van der Waals surface area contributed by atoms with Crippen molar-refractivity contribution < 1.29 is 34.0 Å². The normalized spacial score (nSPS) is 24.7. The molecule has 1 aromatic carbocycles. The highest BCUT2D eigenvalue weighted by molar-refractivity contribution is 5.66. The average molecular weight is 457 g/mol. The van der Waals surface area contributed by atoms with Crippen LogP contribution in [0.1, 0.15) is 56.6 Å². The van der Waals surface area contributed by atoms with Crippen molar-refractivity contribution >= 4 is 12.1 Å². The van der Waals surface area contributed by atoms with E-state index >= 15 is 0 Å². The highest BCUT2D eigenvalue weighted by atomic mass is 16.7. The molecule has 1 saturated carbocycles. The minimum atomic E-state index is -0.814. The Bertz CT molecular complexity index is 942. The lowest BCUT2D eigenvalue weighted by Crippen LogP contribution is -2.24. The molecule has 1 fully saturated rings. The van der Waals surface area contributed by atoms with Crippen molar-refractivity contribution in [2.45, 2.75) is 70.2 Å². The second-order valence-corrected chi connectivity index (χ2v) is 8.67. The lowest BCUT2D eigenvalue weighted by Gasteiger charge is -2.22. The van der Waals surface area contributed by atoms with Gasteiger partial charge in [0.25, 0.3) is 0 Å². The number of methoxy groups -OCH3 is 1. The molecular formula is C26H32O7. The fraction of sp³-hybridized carbons (Fsp3) is 0.538. The van der Waals surface area contributed by atoms with Crippen LogP contribution in [0.4, 0.5) is 4.79 Å². The molecule has 0 amide bonds. The van der Waals surface area contributed by atoms with Crippen LogP contribution in [-0.4, -0.2) is 47.8 Å². The van der Waals surface area contributed by atoms with E-state index in [0.717, 1.165) is 16.9 Å². The monoisotopic (exact) mass is 456 g/mol. The number of para-hydroxylation sites is 1. The number of aryl methyl sites for hydroxylation is 1. The van der Waals surface area contributed by atoms with E-state index in [-0.39, 0.29) is 30.3 Å². The molecule has 1 aliphatic carbocycles. The zero-order valence-corrected chi connectivity index (χ0v) is 19.3. The molecule has 0 spiro atoms. The van der Waals surface area contributed by atoms with Gasteiger partial charge in [0.15, 0.2) is 0 Å². The predicted molar refractivity (Wildman–Crippen MR) is 122 cm³/mol. The number of rotatable bonds is 9. The Kier molecular flexibility index (Phi) is 8.40. The molecule has 0 bridgehead atoms. The molecule has 0 saturated heterocycles. The molecule has 33 heavy (non-hydrogen) atoms. The molecule has 1 heterocycles. The van der Waals surface area contributed by atoms with Gasteiger partial charge in [0.2, 0.25) is 0 Å². The molecule has 1 aliphatic heterocycles. The molecule has 7 heteroatoms. The minimum absolute atomic E-state index is 0.0289. The summed E-state index contributed by atoms with van der Waals surface area (Å²) in [4.78, 5) is 22.7. The van der Waals surface area contributed by atoms with Gasteiger partial charge in [-0.3, -0.25) is 4.79 Å². The van der Waals surface area contributed by atoms with Gasteiger partial charge in [0, 0.05) is 36.7 Å². The first-order chi connectivity index (χ1) is 15.8. The number of carbonyl (C=O) groups excluding carboxylic acids is 1. The lowest BCUT2D eigenvalue weighted by atomic mass is 9.86. The van der Waals surface area contributed by atoms with Crippen molar-refractivity contribution in [3.8, 4) is 17.6 Å². The standard InChI is InChI=1S/C26H32O7/c1-4-5-8-16(2)20(27)14-13-18-21(33-26(30)31-3)15-22-24(18)19-11-6-9-17(25(19)32-22)10-7-12-23(28)29/h6,9,11,13-14,16,18,20-22,24,27H,7-8,10,12,15H2,1-3H3,(H,28,29). The second kappa shape index (κ2) is 11.2. The van der Waals surface area contributed by atoms with E-state index in [1.807, 2.05) is 31.2 Å². The Morgan fingerprint density at radius 1 is 1.36 bits per heavy atom. The van der Waals surface area contributed by atoms with Gasteiger partial charge in [-0.15, -0.1) is 11.8 Å². The summed E-state index contributed by atoms with van der Waals surface area (Å²) in [5.41, 5.74) is 2.01. The van der Waals surface area contributed by atoms with Gasteiger partial charge in [-0.05, 0) is 31.2 Å². The quantitative estimate of drug-likeness (QED) is 0.328. The maximum atomic E-state index is 11.8. The molecule has 2 aliphatic rings. The van der Waals surface area contributed by atoms with Gasteiger partial charge in [-0.25, -0.2) is 4.79 Å². The summed E-state index contributed by atoms with van der Waals surface area (Å²) in [5, 5.41) is 19.5. The van der Waals surface area contributed by atoms with E-state index in [2.05, 4.69) is 11.8 Å². The molecule has 1 aromatic rings. The second-order valence-electron chi connectivity index (χ2n) is 8.67. The van der Waals surface area contributed by atoms with Crippen LogP contribution in [0.2, 0.25) is 0 Å². The Hall–Kier alpha value is -2.98. The number of fused-ring (bicyclic) bond motifs is 3. The van der Waals surface area contributed by atoms with Crippen LogP contribution in [0, 0.1) is 23.7 Å². The number of benzene rings is 1. The van der Waals surface area contributed by atoms with Gasteiger partial charge in [0.05, 0.1) is 13.2 Å². The smallest absolute Gasteiger partial charge is 0.489 e. The first kappa shape index (κ1) is 24.7. The van der Waals surface area contributed by atoms with Crippen LogP contribution in [0.5, 0.6) is 5.75 Å². The van der Waals surface area contributed by atoms with E-state index in [1.165, 1.54) is 7.11 Å². The summed E-state index contributed by atoms with van der Waals surface area (Å²) in [7, 11) is 1.28. The Morgan fingerprint density at radius 2 is 2.15 bits per heavy atom. The van der Waals surface area contributed by atoms with Gasteiger partial charge >= 0.3 is 12.1 Å². The van der Waals surface area contributed by atoms with Crippen LogP contribution >= 0.6 is 0 Å². The summed E-state index contributed by atoms with van der Waals surface area (Å²) in [6.07, 6.45) is 4.01. The molecule has 6 unspecified atom stereocenters. The van der Waals surface area contributed by atoms with Gasteiger partial charge in [-0.1, -0.05) is 37.3 Å². The minimum Gasteiger partial charge on any atom is -0.489 e.